The molecule has 4 nitrogen and oxygen atoms in total. The van der Waals surface area contributed by atoms with Gasteiger partial charge in [-0.1, -0.05) is 0 Å². The molecule has 5 heteroatoms. The van der Waals surface area contributed by atoms with Crippen molar-refractivity contribution in [3.63, 3.8) is 0 Å². The van der Waals surface area contributed by atoms with Crippen molar-refractivity contribution in [3.8, 4) is 5.88 Å². The van der Waals surface area contributed by atoms with Crippen LogP contribution in [-0.4, -0.2) is 28.5 Å². The molecular formula is C10H14ClN3O. The number of methoxy groups -OCH3 is 1. The predicted octanol–water partition coefficient (Wildman–Crippen LogP) is 1.98. The Labute approximate surface area is 94.0 Å². The van der Waals surface area contributed by atoms with Gasteiger partial charge in [-0.15, -0.1) is 11.6 Å². The average molecular weight is 228 g/mol. The molecule has 82 valence electrons. The maximum absolute atomic E-state index is 5.87. The molecule has 1 saturated carbocycles. The fraction of sp³-hybridized carbons (Fsp3) is 0.600. The lowest BCUT2D eigenvalue weighted by molar-refractivity contribution is 0.397. The molecule has 0 unspecified atom stereocenters. The van der Waals surface area contributed by atoms with E-state index in [9.17, 15) is 0 Å². The first kappa shape index (κ1) is 10.5. The van der Waals surface area contributed by atoms with Gasteiger partial charge in [0, 0.05) is 17.6 Å². The molecule has 2 rings (SSSR count). The zero-order chi connectivity index (χ0) is 10.9. The summed E-state index contributed by atoms with van der Waals surface area (Å²) in [5.41, 5.74) is 0.898. The third-order valence-electron chi connectivity index (χ3n) is 2.53. The highest BCUT2D eigenvalue weighted by atomic mass is 35.5. The van der Waals surface area contributed by atoms with Crippen LogP contribution in [0, 0.1) is 6.92 Å². The maximum atomic E-state index is 5.87. The molecule has 0 saturated heterocycles. The first-order chi connectivity index (χ1) is 7.17. The van der Waals surface area contributed by atoms with Crippen LogP contribution in [0.1, 0.15) is 18.5 Å². The summed E-state index contributed by atoms with van der Waals surface area (Å²) in [6.45, 7) is 1.91. The van der Waals surface area contributed by atoms with Gasteiger partial charge < -0.3 is 10.1 Å². The second-order valence-corrected chi connectivity index (χ2v) is 4.18. The van der Waals surface area contributed by atoms with E-state index >= 15 is 0 Å². The van der Waals surface area contributed by atoms with Crippen molar-refractivity contribution in [3.05, 3.63) is 11.8 Å². The van der Waals surface area contributed by atoms with Crippen LogP contribution in [0.4, 0.5) is 5.95 Å². The van der Waals surface area contributed by atoms with E-state index in [4.69, 9.17) is 16.3 Å². The molecule has 0 spiro atoms. The smallest absolute Gasteiger partial charge is 0.226 e. The van der Waals surface area contributed by atoms with Crippen molar-refractivity contribution in [1.82, 2.24) is 9.97 Å². The van der Waals surface area contributed by atoms with Gasteiger partial charge in [0.1, 0.15) is 0 Å². The molecule has 1 N–H and O–H groups in total. The Morgan fingerprint density at radius 2 is 2.27 bits per heavy atom. The topological polar surface area (TPSA) is 47.0 Å². The van der Waals surface area contributed by atoms with Gasteiger partial charge in [0.25, 0.3) is 0 Å². The molecule has 1 fully saturated rings. The zero-order valence-corrected chi connectivity index (χ0v) is 9.64. The summed E-state index contributed by atoms with van der Waals surface area (Å²) in [5, 5.41) is 3.26. The number of aromatic nitrogens is 2. The molecule has 0 aromatic carbocycles. The van der Waals surface area contributed by atoms with Crippen LogP contribution in [0.25, 0.3) is 0 Å². The van der Waals surface area contributed by atoms with Crippen molar-refractivity contribution in [2.75, 3.05) is 18.3 Å². The van der Waals surface area contributed by atoms with E-state index in [0.717, 1.165) is 18.5 Å². The minimum Gasteiger partial charge on any atom is -0.481 e. The first-order valence-corrected chi connectivity index (χ1v) is 5.45. The number of aryl methyl sites for hydroxylation is 1. The average Bonchev–Trinajstić information content (AvgIpc) is 2.97. The van der Waals surface area contributed by atoms with Crippen molar-refractivity contribution in [2.24, 2.45) is 0 Å². The van der Waals surface area contributed by atoms with E-state index in [-0.39, 0.29) is 5.54 Å². The molecule has 1 aromatic rings. The SMILES string of the molecule is COc1cc(C)nc(NC2(CCl)CC2)n1. The Morgan fingerprint density at radius 3 is 2.80 bits per heavy atom. The molecule has 0 radical (unpaired) electrons. The highest BCUT2D eigenvalue weighted by molar-refractivity contribution is 6.19. The van der Waals surface area contributed by atoms with Crippen LogP contribution >= 0.6 is 11.6 Å². The molecule has 0 atom stereocenters. The van der Waals surface area contributed by atoms with Crippen LogP contribution in [0.2, 0.25) is 0 Å². The Morgan fingerprint density at radius 1 is 1.53 bits per heavy atom. The number of halogens is 1. The van der Waals surface area contributed by atoms with Gasteiger partial charge in [-0.25, -0.2) is 4.98 Å². The number of hydrogen-bond donors (Lipinski definition) is 1. The minimum atomic E-state index is 0.0142. The van der Waals surface area contributed by atoms with Crippen LogP contribution in [-0.2, 0) is 0 Å². The van der Waals surface area contributed by atoms with Crippen LogP contribution in [0.5, 0.6) is 5.88 Å². The molecule has 0 bridgehead atoms. The van der Waals surface area contributed by atoms with E-state index < -0.39 is 0 Å². The number of hydrogen-bond acceptors (Lipinski definition) is 4. The van der Waals surface area contributed by atoms with Crippen molar-refractivity contribution < 1.29 is 4.74 Å². The standard InChI is InChI=1S/C10H14ClN3O/c1-7-5-8(15-2)13-9(12-7)14-10(6-11)3-4-10/h5H,3-4,6H2,1-2H3,(H,12,13,14). The second kappa shape index (κ2) is 3.85. The number of rotatable bonds is 4. The van der Waals surface area contributed by atoms with Gasteiger partial charge in [0.2, 0.25) is 11.8 Å². The Hall–Kier alpha value is -1.03. The van der Waals surface area contributed by atoms with Crippen LogP contribution < -0.4 is 10.1 Å². The van der Waals surface area contributed by atoms with E-state index in [1.807, 2.05) is 6.92 Å². The van der Waals surface area contributed by atoms with E-state index in [1.54, 1.807) is 13.2 Å². The molecule has 1 aliphatic rings. The van der Waals surface area contributed by atoms with Crippen molar-refractivity contribution in [2.45, 2.75) is 25.3 Å². The Balaban J connectivity index is 2.17. The van der Waals surface area contributed by atoms with Crippen molar-refractivity contribution in [1.29, 1.82) is 0 Å². The Bertz CT molecular complexity index is 366. The van der Waals surface area contributed by atoms with Crippen LogP contribution in [0.3, 0.4) is 0 Å². The number of anilines is 1. The molecule has 1 aromatic heterocycles. The third kappa shape index (κ3) is 2.31. The van der Waals surface area contributed by atoms with E-state index in [2.05, 4.69) is 15.3 Å². The summed E-state index contributed by atoms with van der Waals surface area (Å²) in [5.74, 6) is 1.77. The molecule has 0 aliphatic heterocycles. The summed E-state index contributed by atoms with van der Waals surface area (Å²) in [6, 6.07) is 1.80. The fourth-order valence-electron chi connectivity index (χ4n) is 1.38. The highest BCUT2D eigenvalue weighted by Crippen LogP contribution is 2.39. The summed E-state index contributed by atoms with van der Waals surface area (Å²) in [4.78, 5) is 8.52. The lowest BCUT2D eigenvalue weighted by atomic mass is 10.3. The molecule has 0 amide bonds. The monoisotopic (exact) mass is 227 g/mol. The maximum Gasteiger partial charge on any atom is 0.226 e. The number of alkyl halides is 1. The van der Waals surface area contributed by atoms with Gasteiger partial charge in [-0.2, -0.15) is 4.98 Å². The van der Waals surface area contributed by atoms with Gasteiger partial charge in [-0.3, -0.25) is 0 Å². The van der Waals surface area contributed by atoms with Crippen molar-refractivity contribution >= 4 is 17.5 Å². The Kier molecular flexibility index (Phi) is 2.69. The number of nitrogens with one attached hydrogen (secondary N) is 1. The summed E-state index contributed by atoms with van der Waals surface area (Å²) in [6.07, 6.45) is 2.16. The molecule has 1 aliphatic carbocycles. The highest BCUT2D eigenvalue weighted by Gasteiger charge is 2.42. The van der Waals surface area contributed by atoms with Crippen LogP contribution in [0.15, 0.2) is 6.07 Å². The van der Waals surface area contributed by atoms with Gasteiger partial charge in [-0.05, 0) is 19.8 Å². The molecular weight excluding hydrogens is 214 g/mol. The van der Waals surface area contributed by atoms with E-state index in [0.29, 0.717) is 17.7 Å². The molecule has 15 heavy (non-hydrogen) atoms. The summed E-state index contributed by atoms with van der Waals surface area (Å²) >= 11 is 5.87. The van der Waals surface area contributed by atoms with Gasteiger partial charge >= 0.3 is 0 Å². The number of ether oxygens (including phenoxy) is 1. The largest absolute Gasteiger partial charge is 0.481 e. The second-order valence-electron chi connectivity index (χ2n) is 3.91. The van der Waals surface area contributed by atoms with Gasteiger partial charge in [0.15, 0.2) is 0 Å². The predicted molar refractivity (Wildman–Crippen MR) is 59.6 cm³/mol. The third-order valence-corrected chi connectivity index (χ3v) is 3.04. The van der Waals surface area contributed by atoms with Gasteiger partial charge in [0.05, 0.1) is 12.6 Å². The first-order valence-electron chi connectivity index (χ1n) is 4.91. The zero-order valence-electron chi connectivity index (χ0n) is 8.88. The number of nitrogens with zero attached hydrogens (tertiary/aromatic N) is 2. The van der Waals surface area contributed by atoms with E-state index in [1.165, 1.54) is 0 Å². The quantitative estimate of drug-likeness (QED) is 0.799. The normalized spacial score (nSPS) is 17.3. The lowest BCUT2D eigenvalue weighted by Crippen LogP contribution is -2.24. The summed E-state index contributed by atoms with van der Waals surface area (Å²) in [7, 11) is 1.60. The summed E-state index contributed by atoms with van der Waals surface area (Å²) < 4.78 is 5.08. The fourth-order valence-corrected chi connectivity index (χ4v) is 1.71. The lowest BCUT2D eigenvalue weighted by Gasteiger charge is -2.14. The minimum absolute atomic E-state index is 0.0142. The molecule has 1 heterocycles.